The van der Waals surface area contributed by atoms with Crippen LogP contribution < -0.4 is 4.90 Å². The first-order valence-electron chi connectivity index (χ1n) is 9.02. The third kappa shape index (κ3) is 3.57. The Balaban J connectivity index is 1.52. The largest absolute Gasteiger partial charge is 0.353 e. The molecule has 0 atom stereocenters. The highest BCUT2D eigenvalue weighted by molar-refractivity contribution is 7.90. The van der Waals surface area contributed by atoms with Crippen molar-refractivity contribution in [1.29, 1.82) is 0 Å². The number of fused-ring (bicyclic) bond motifs is 1. The molecule has 1 aliphatic rings. The maximum Gasteiger partial charge on any atom is 0.242 e. The number of imidazole rings is 1. The number of anilines is 1. The summed E-state index contributed by atoms with van der Waals surface area (Å²) in [6, 6.07) is 12.9. The number of amides is 1. The summed E-state index contributed by atoms with van der Waals surface area (Å²) in [6.07, 6.45) is 2.87. The Bertz CT molecular complexity index is 1100. The highest BCUT2D eigenvalue weighted by Crippen LogP contribution is 2.20. The molecule has 0 unspecified atom stereocenters. The van der Waals surface area contributed by atoms with Gasteiger partial charge in [0.2, 0.25) is 20.9 Å². The zero-order valence-corrected chi connectivity index (χ0v) is 16.3. The minimum absolute atomic E-state index is 0.0491. The smallest absolute Gasteiger partial charge is 0.242 e. The quantitative estimate of drug-likeness (QED) is 0.655. The van der Waals surface area contributed by atoms with Gasteiger partial charge in [-0.1, -0.05) is 18.2 Å². The molecule has 0 N–H and O–H groups in total. The minimum atomic E-state index is -3.55. The summed E-state index contributed by atoms with van der Waals surface area (Å²) in [5.41, 5.74) is 1.21. The molecular weight excluding hydrogens is 378 g/mol. The number of para-hydroxylation sites is 2. The van der Waals surface area contributed by atoms with Crippen molar-refractivity contribution in [2.45, 2.75) is 11.7 Å². The number of carbonyl (C=O) groups excluding carboxylic acids is 1. The van der Waals surface area contributed by atoms with Crippen LogP contribution in [-0.4, -0.2) is 66.2 Å². The number of aromatic nitrogens is 3. The number of nitrogens with zero attached hydrogens (tertiary/aromatic N) is 5. The standard InChI is InChI=1S/C19H21N5O3S/c1-28(26,27)19-21-15-6-2-3-7-16(15)24(19)14-18(25)23-12-10-22(11-13-23)17-8-4-5-9-20-17/h2-9H,10-14H2,1H3. The molecule has 1 fully saturated rings. The lowest BCUT2D eigenvalue weighted by molar-refractivity contribution is -0.132. The van der Waals surface area contributed by atoms with Gasteiger partial charge in [-0.3, -0.25) is 4.79 Å². The second-order valence-corrected chi connectivity index (χ2v) is 8.71. The van der Waals surface area contributed by atoms with Gasteiger partial charge in [-0.25, -0.2) is 18.4 Å². The molecule has 2 aromatic heterocycles. The van der Waals surface area contributed by atoms with Gasteiger partial charge in [-0.15, -0.1) is 0 Å². The van der Waals surface area contributed by atoms with E-state index in [9.17, 15) is 13.2 Å². The fourth-order valence-electron chi connectivity index (χ4n) is 3.45. The van der Waals surface area contributed by atoms with Gasteiger partial charge in [0.1, 0.15) is 12.4 Å². The first-order valence-corrected chi connectivity index (χ1v) is 10.9. The summed E-state index contributed by atoms with van der Waals surface area (Å²) < 4.78 is 25.8. The summed E-state index contributed by atoms with van der Waals surface area (Å²) in [4.78, 5) is 25.4. The first-order chi connectivity index (χ1) is 13.4. The minimum Gasteiger partial charge on any atom is -0.353 e. The number of hydrogen-bond donors (Lipinski definition) is 0. The number of piperazine rings is 1. The normalized spacial score (nSPS) is 15.2. The SMILES string of the molecule is CS(=O)(=O)c1nc2ccccc2n1CC(=O)N1CCN(c2ccccn2)CC1. The van der Waals surface area contributed by atoms with Crippen LogP contribution in [0.1, 0.15) is 0 Å². The van der Waals surface area contributed by atoms with Crippen LogP contribution in [0.3, 0.4) is 0 Å². The molecule has 0 aliphatic carbocycles. The average molecular weight is 399 g/mol. The van der Waals surface area contributed by atoms with Crippen molar-refractivity contribution in [2.24, 2.45) is 0 Å². The van der Waals surface area contributed by atoms with Gasteiger partial charge < -0.3 is 14.4 Å². The third-order valence-electron chi connectivity index (χ3n) is 4.85. The fourth-order valence-corrected chi connectivity index (χ4v) is 4.28. The lowest BCUT2D eigenvalue weighted by Gasteiger charge is -2.35. The number of rotatable bonds is 4. The molecule has 0 radical (unpaired) electrons. The topological polar surface area (TPSA) is 88.4 Å². The summed E-state index contributed by atoms with van der Waals surface area (Å²) in [5.74, 6) is 0.781. The van der Waals surface area contributed by atoms with Crippen LogP contribution in [0.25, 0.3) is 11.0 Å². The molecule has 9 heteroatoms. The summed E-state index contributed by atoms with van der Waals surface area (Å²) in [7, 11) is -3.55. The Hall–Kier alpha value is -2.94. The second-order valence-electron chi connectivity index (χ2n) is 6.80. The Morgan fingerprint density at radius 2 is 1.75 bits per heavy atom. The Labute approximate surface area is 163 Å². The third-order valence-corrected chi connectivity index (χ3v) is 5.83. The second kappa shape index (κ2) is 7.23. The van der Waals surface area contributed by atoms with Crippen LogP contribution >= 0.6 is 0 Å². The molecule has 146 valence electrons. The van der Waals surface area contributed by atoms with Crippen LogP contribution in [0.5, 0.6) is 0 Å². The van der Waals surface area contributed by atoms with Crippen molar-refractivity contribution < 1.29 is 13.2 Å². The summed E-state index contributed by atoms with van der Waals surface area (Å²) in [6.45, 7) is 2.46. The van der Waals surface area contributed by atoms with Gasteiger partial charge in [0.15, 0.2) is 0 Å². The first kappa shape index (κ1) is 18.4. The lowest BCUT2D eigenvalue weighted by atomic mass is 10.3. The van der Waals surface area contributed by atoms with Crippen molar-refractivity contribution in [2.75, 3.05) is 37.3 Å². The molecule has 1 aliphatic heterocycles. The fraction of sp³-hybridized carbons (Fsp3) is 0.316. The zero-order chi connectivity index (χ0) is 19.7. The maximum absolute atomic E-state index is 12.9. The van der Waals surface area contributed by atoms with Gasteiger partial charge >= 0.3 is 0 Å². The molecule has 4 rings (SSSR count). The van der Waals surface area contributed by atoms with Gasteiger partial charge in [-0.05, 0) is 24.3 Å². The molecule has 8 nitrogen and oxygen atoms in total. The maximum atomic E-state index is 12.9. The average Bonchev–Trinajstić information content (AvgIpc) is 3.08. The van der Waals surface area contributed by atoms with Crippen molar-refractivity contribution in [1.82, 2.24) is 19.4 Å². The van der Waals surface area contributed by atoms with E-state index in [1.54, 1.807) is 29.3 Å². The van der Waals surface area contributed by atoms with E-state index >= 15 is 0 Å². The lowest BCUT2D eigenvalue weighted by Crippen LogP contribution is -2.49. The number of benzene rings is 1. The summed E-state index contributed by atoms with van der Waals surface area (Å²) >= 11 is 0. The van der Waals surface area contributed by atoms with E-state index in [0.29, 0.717) is 37.2 Å². The van der Waals surface area contributed by atoms with Crippen LogP contribution in [0.4, 0.5) is 5.82 Å². The molecule has 1 saturated heterocycles. The highest BCUT2D eigenvalue weighted by Gasteiger charge is 2.25. The predicted octanol–water partition coefficient (Wildman–Crippen LogP) is 1.18. The van der Waals surface area contributed by atoms with E-state index in [4.69, 9.17) is 0 Å². The zero-order valence-electron chi connectivity index (χ0n) is 15.5. The van der Waals surface area contributed by atoms with Gasteiger partial charge in [0.05, 0.1) is 11.0 Å². The number of sulfone groups is 1. The van der Waals surface area contributed by atoms with E-state index in [2.05, 4.69) is 14.9 Å². The van der Waals surface area contributed by atoms with Crippen molar-refractivity contribution in [3.63, 3.8) is 0 Å². The molecular formula is C19H21N5O3S. The Morgan fingerprint density at radius 1 is 1.04 bits per heavy atom. The van der Waals surface area contributed by atoms with Crippen molar-refractivity contribution in [3.8, 4) is 0 Å². The highest BCUT2D eigenvalue weighted by atomic mass is 32.2. The van der Waals surface area contributed by atoms with Crippen molar-refractivity contribution in [3.05, 3.63) is 48.7 Å². The Kier molecular flexibility index (Phi) is 4.76. The van der Waals surface area contributed by atoms with E-state index in [1.807, 2.05) is 24.3 Å². The predicted molar refractivity (Wildman–Crippen MR) is 106 cm³/mol. The number of pyridine rings is 1. The molecule has 28 heavy (non-hydrogen) atoms. The van der Waals surface area contributed by atoms with Gasteiger partial charge in [0.25, 0.3) is 0 Å². The molecule has 0 bridgehead atoms. The number of carbonyl (C=O) groups is 1. The van der Waals surface area contributed by atoms with Crippen LogP contribution in [0.2, 0.25) is 0 Å². The molecule has 0 saturated carbocycles. The monoisotopic (exact) mass is 399 g/mol. The molecule has 0 spiro atoms. The molecule has 1 aromatic carbocycles. The van der Waals surface area contributed by atoms with Crippen LogP contribution in [-0.2, 0) is 21.2 Å². The van der Waals surface area contributed by atoms with Crippen LogP contribution in [0.15, 0.2) is 53.8 Å². The van der Waals surface area contributed by atoms with Gasteiger partial charge in [0, 0.05) is 38.6 Å². The van der Waals surface area contributed by atoms with Crippen LogP contribution in [0, 0.1) is 0 Å². The molecule has 3 aromatic rings. The molecule has 3 heterocycles. The van der Waals surface area contributed by atoms with Gasteiger partial charge in [-0.2, -0.15) is 0 Å². The van der Waals surface area contributed by atoms with E-state index < -0.39 is 9.84 Å². The van der Waals surface area contributed by atoms with Crippen molar-refractivity contribution >= 4 is 32.6 Å². The van der Waals surface area contributed by atoms with E-state index in [0.717, 1.165) is 12.1 Å². The summed E-state index contributed by atoms with van der Waals surface area (Å²) in [5, 5.41) is -0.0748. The number of hydrogen-bond acceptors (Lipinski definition) is 6. The van der Waals surface area contributed by atoms with E-state index in [-0.39, 0.29) is 17.6 Å². The Morgan fingerprint density at radius 3 is 2.43 bits per heavy atom. The van der Waals surface area contributed by atoms with E-state index in [1.165, 1.54) is 4.57 Å². The molecule has 1 amide bonds.